The Hall–Kier alpha value is -3.37. The van der Waals surface area contributed by atoms with Gasteiger partial charge in [0, 0.05) is 17.3 Å². The number of carbonyl (C=O) groups excluding carboxylic acids is 1. The van der Waals surface area contributed by atoms with E-state index in [1.807, 2.05) is 32.0 Å². The summed E-state index contributed by atoms with van der Waals surface area (Å²) in [6, 6.07) is 9.28. The van der Waals surface area contributed by atoms with Gasteiger partial charge < -0.3 is 9.73 Å². The Morgan fingerprint density at radius 3 is 2.86 bits per heavy atom. The molecule has 8 nitrogen and oxygen atoms in total. The number of thiocarbonyl (C=S) groups is 1. The third kappa shape index (κ3) is 4.08. The first kappa shape index (κ1) is 19.0. The summed E-state index contributed by atoms with van der Waals surface area (Å²) in [6.07, 6.45) is 4.47. The standard InChI is InChI=1S/C19H16N6O2S2/c1-11-14(17-24-25-12(2)22-23-19(25)29-17)6-3-7-15(11)20-18(28)21-16(26)9-8-13-5-4-10-27-13/h3-10H,1-2H3,(H2,20,21,26,28)/b9-8+. The molecule has 0 atom stereocenters. The van der Waals surface area contributed by atoms with Crippen LogP contribution in [-0.2, 0) is 4.79 Å². The molecule has 10 heteroatoms. The lowest BCUT2D eigenvalue weighted by molar-refractivity contribution is -0.115. The highest BCUT2D eigenvalue weighted by Gasteiger charge is 2.14. The minimum Gasteiger partial charge on any atom is -0.465 e. The molecule has 3 heterocycles. The third-order valence-corrected chi connectivity index (χ3v) is 5.27. The number of aryl methyl sites for hydroxylation is 1. The molecule has 0 unspecified atom stereocenters. The van der Waals surface area contributed by atoms with Gasteiger partial charge in [-0.2, -0.15) is 9.61 Å². The Labute approximate surface area is 175 Å². The largest absolute Gasteiger partial charge is 0.465 e. The van der Waals surface area contributed by atoms with Crippen molar-refractivity contribution in [2.75, 3.05) is 5.32 Å². The van der Waals surface area contributed by atoms with Crippen molar-refractivity contribution >= 4 is 51.3 Å². The number of fused-ring (bicyclic) bond motifs is 1. The molecule has 29 heavy (non-hydrogen) atoms. The van der Waals surface area contributed by atoms with Gasteiger partial charge in [0.25, 0.3) is 0 Å². The molecule has 0 aliphatic carbocycles. The number of nitrogens with one attached hydrogen (secondary N) is 2. The number of anilines is 1. The lowest BCUT2D eigenvalue weighted by atomic mass is 10.1. The van der Waals surface area contributed by atoms with E-state index in [1.54, 1.807) is 22.7 Å². The fourth-order valence-electron chi connectivity index (χ4n) is 2.68. The van der Waals surface area contributed by atoms with Gasteiger partial charge in [0.15, 0.2) is 10.9 Å². The molecule has 4 aromatic rings. The summed E-state index contributed by atoms with van der Waals surface area (Å²) in [4.78, 5) is 12.8. The summed E-state index contributed by atoms with van der Waals surface area (Å²) in [7, 11) is 0. The SMILES string of the molecule is Cc1c(NC(=S)NC(=O)/C=C/c2ccco2)cccc1-c1nn2c(C)nnc2s1. The first-order valence-electron chi connectivity index (χ1n) is 8.63. The molecule has 1 aromatic carbocycles. The zero-order valence-corrected chi connectivity index (χ0v) is 17.2. The number of aromatic nitrogens is 4. The van der Waals surface area contributed by atoms with E-state index < -0.39 is 0 Å². The average Bonchev–Trinajstić information content (AvgIpc) is 3.41. The Balaban J connectivity index is 1.48. The quantitative estimate of drug-likeness (QED) is 0.382. The summed E-state index contributed by atoms with van der Waals surface area (Å²) >= 11 is 6.72. The van der Waals surface area contributed by atoms with E-state index in [1.165, 1.54) is 23.7 Å². The molecule has 0 radical (unpaired) electrons. The Bertz CT molecular complexity index is 1220. The molecule has 0 aliphatic heterocycles. The monoisotopic (exact) mass is 424 g/mol. The second kappa shape index (κ2) is 7.94. The second-order valence-electron chi connectivity index (χ2n) is 6.12. The normalized spacial score (nSPS) is 11.2. The van der Waals surface area contributed by atoms with Crippen LogP contribution in [-0.4, -0.2) is 30.8 Å². The van der Waals surface area contributed by atoms with Crippen molar-refractivity contribution in [1.29, 1.82) is 0 Å². The summed E-state index contributed by atoms with van der Waals surface area (Å²) in [5.41, 5.74) is 2.69. The maximum Gasteiger partial charge on any atom is 0.250 e. The highest BCUT2D eigenvalue weighted by molar-refractivity contribution is 7.80. The van der Waals surface area contributed by atoms with Crippen LogP contribution < -0.4 is 10.6 Å². The van der Waals surface area contributed by atoms with Gasteiger partial charge in [-0.25, -0.2) is 0 Å². The van der Waals surface area contributed by atoms with Crippen molar-refractivity contribution in [2.45, 2.75) is 13.8 Å². The molecule has 0 aliphatic rings. The predicted octanol–water partition coefficient (Wildman–Crippen LogP) is 3.59. The van der Waals surface area contributed by atoms with Crippen LogP contribution in [0.1, 0.15) is 17.1 Å². The topological polar surface area (TPSA) is 97.3 Å². The van der Waals surface area contributed by atoms with Crippen LogP contribution in [0.4, 0.5) is 5.69 Å². The van der Waals surface area contributed by atoms with Gasteiger partial charge in [0.1, 0.15) is 10.8 Å². The number of rotatable bonds is 4. The van der Waals surface area contributed by atoms with E-state index in [4.69, 9.17) is 16.6 Å². The molecule has 0 saturated heterocycles. The molecule has 146 valence electrons. The molecule has 3 aromatic heterocycles. The van der Waals surface area contributed by atoms with Gasteiger partial charge in [0.05, 0.1) is 6.26 Å². The minimum atomic E-state index is -0.350. The van der Waals surface area contributed by atoms with Crippen LogP contribution in [0.3, 0.4) is 0 Å². The molecular formula is C19H16N6O2S2. The van der Waals surface area contributed by atoms with Crippen LogP contribution in [0.2, 0.25) is 0 Å². The number of carbonyl (C=O) groups is 1. The molecule has 0 spiro atoms. The number of hydrogen-bond acceptors (Lipinski definition) is 7. The van der Waals surface area contributed by atoms with Crippen molar-refractivity contribution in [3.05, 3.63) is 59.8 Å². The number of benzene rings is 1. The van der Waals surface area contributed by atoms with Gasteiger partial charge in [0.2, 0.25) is 10.9 Å². The summed E-state index contributed by atoms with van der Waals surface area (Å²) < 4.78 is 6.87. The molecule has 0 saturated carbocycles. The smallest absolute Gasteiger partial charge is 0.250 e. The second-order valence-corrected chi connectivity index (χ2v) is 7.48. The Kier molecular flexibility index (Phi) is 5.19. The van der Waals surface area contributed by atoms with Gasteiger partial charge >= 0.3 is 0 Å². The highest BCUT2D eigenvalue weighted by Crippen LogP contribution is 2.31. The molecular weight excluding hydrogens is 408 g/mol. The van der Waals surface area contributed by atoms with Gasteiger partial charge in [-0.15, -0.1) is 10.2 Å². The number of furan rings is 1. The van der Waals surface area contributed by atoms with Gasteiger partial charge in [-0.3, -0.25) is 10.1 Å². The molecule has 0 bridgehead atoms. The Morgan fingerprint density at radius 1 is 1.24 bits per heavy atom. The van der Waals surface area contributed by atoms with E-state index in [9.17, 15) is 4.79 Å². The van der Waals surface area contributed by atoms with Crippen molar-refractivity contribution in [1.82, 2.24) is 25.1 Å². The predicted molar refractivity (Wildman–Crippen MR) is 116 cm³/mol. The molecule has 1 amide bonds. The molecule has 4 rings (SSSR count). The van der Waals surface area contributed by atoms with Crippen molar-refractivity contribution in [2.24, 2.45) is 0 Å². The average molecular weight is 425 g/mol. The summed E-state index contributed by atoms with van der Waals surface area (Å²) in [6.45, 7) is 3.82. The van der Waals surface area contributed by atoms with Gasteiger partial charge in [-0.05, 0) is 55.9 Å². The zero-order chi connectivity index (χ0) is 20.4. The first-order valence-corrected chi connectivity index (χ1v) is 9.86. The van der Waals surface area contributed by atoms with Crippen LogP contribution in [0, 0.1) is 13.8 Å². The van der Waals surface area contributed by atoms with Crippen LogP contribution in [0.25, 0.3) is 21.6 Å². The lowest BCUT2D eigenvalue weighted by Crippen LogP contribution is -2.33. The van der Waals surface area contributed by atoms with Crippen LogP contribution in [0.15, 0.2) is 47.1 Å². The Morgan fingerprint density at radius 2 is 2.10 bits per heavy atom. The lowest BCUT2D eigenvalue weighted by Gasteiger charge is -2.13. The summed E-state index contributed by atoms with van der Waals surface area (Å²) in [5.74, 6) is 0.973. The fraction of sp³-hybridized carbons (Fsp3) is 0.105. The van der Waals surface area contributed by atoms with Crippen molar-refractivity contribution < 1.29 is 9.21 Å². The van der Waals surface area contributed by atoms with E-state index in [-0.39, 0.29) is 11.0 Å². The number of hydrogen-bond donors (Lipinski definition) is 2. The van der Waals surface area contributed by atoms with Gasteiger partial charge in [-0.1, -0.05) is 23.5 Å². The maximum atomic E-state index is 12.0. The van der Waals surface area contributed by atoms with Crippen molar-refractivity contribution in [3.8, 4) is 10.6 Å². The van der Waals surface area contributed by atoms with Crippen molar-refractivity contribution in [3.63, 3.8) is 0 Å². The highest BCUT2D eigenvalue weighted by atomic mass is 32.1. The first-order chi connectivity index (χ1) is 14.0. The molecule has 0 fully saturated rings. The van der Waals surface area contributed by atoms with E-state index in [0.717, 1.165) is 32.6 Å². The molecule has 2 N–H and O–H groups in total. The van der Waals surface area contributed by atoms with Crippen LogP contribution in [0.5, 0.6) is 0 Å². The fourth-order valence-corrected chi connectivity index (χ4v) is 3.86. The van der Waals surface area contributed by atoms with E-state index in [2.05, 4.69) is 25.9 Å². The van der Waals surface area contributed by atoms with E-state index >= 15 is 0 Å². The number of amides is 1. The number of nitrogens with zero attached hydrogens (tertiary/aromatic N) is 4. The van der Waals surface area contributed by atoms with E-state index in [0.29, 0.717) is 5.76 Å². The zero-order valence-electron chi connectivity index (χ0n) is 15.5. The third-order valence-electron chi connectivity index (χ3n) is 4.14. The van der Waals surface area contributed by atoms with Crippen LogP contribution >= 0.6 is 23.6 Å². The minimum absolute atomic E-state index is 0.202. The maximum absolute atomic E-state index is 12.0. The summed E-state index contributed by atoms with van der Waals surface area (Å²) in [5, 5.41) is 19.4.